The van der Waals surface area contributed by atoms with Crippen molar-refractivity contribution in [3.8, 4) is 17.0 Å². The molecule has 0 spiro atoms. The van der Waals surface area contributed by atoms with E-state index in [1.165, 1.54) is 18.6 Å². The van der Waals surface area contributed by atoms with E-state index in [0.717, 1.165) is 33.0 Å². The minimum atomic E-state index is -4.75. The summed E-state index contributed by atoms with van der Waals surface area (Å²) in [6.07, 6.45) is -0.402. The Hall–Kier alpha value is -4.54. The van der Waals surface area contributed by atoms with Gasteiger partial charge in [0.25, 0.3) is 5.56 Å². The molecule has 0 N–H and O–H groups in total. The average molecular weight is 521 g/mol. The standard InChI is InChI=1S/C27H23F3N6O2/c1-16-12-19(23-9-10-33-35(23)3)18-6-4-8-24(25(18)34-16)38-14-20-17(2)31-15-32-22(20)13-36-11-5-7-21(26(36)37)27(28,29)30/h4-12,15H,13-14H2,1-3H3. The van der Waals surface area contributed by atoms with E-state index in [4.69, 9.17) is 9.72 Å². The minimum Gasteiger partial charge on any atom is -0.486 e. The van der Waals surface area contributed by atoms with Gasteiger partial charge in [0.2, 0.25) is 0 Å². The Bertz CT molecular complexity index is 1710. The van der Waals surface area contributed by atoms with Gasteiger partial charge in [0.1, 0.15) is 29.8 Å². The Labute approximate surface area is 215 Å². The molecule has 4 heterocycles. The first-order valence-corrected chi connectivity index (χ1v) is 11.7. The number of rotatable bonds is 6. The fourth-order valence-corrected chi connectivity index (χ4v) is 4.38. The van der Waals surface area contributed by atoms with Crippen LogP contribution < -0.4 is 10.3 Å². The number of benzene rings is 1. The van der Waals surface area contributed by atoms with E-state index in [0.29, 0.717) is 28.2 Å². The summed E-state index contributed by atoms with van der Waals surface area (Å²) in [5, 5.41) is 5.15. The van der Waals surface area contributed by atoms with E-state index in [1.54, 1.807) is 23.9 Å². The topological polar surface area (TPSA) is 87.7 Å². The SMILES string of the molecule is Cc1cc(-c2ccnn2C)c2cccc(OCc3c(C)ncnc3Cn3cccc(C(F)(F)F)c3=O)c2n1. The molecule has 11 heteroatoms. The highest BCUT2D eigenvalue weighted by Gasteiger charge is 2.34. The van der Waals surface area contributed by atoms with Gasteiger partial charge in [0.15, 0.2) is 0 Å². The molecule has 0 atom stereocenters. The van der Waals surface area contributed by atoms with Crippen LogP contribution in [0.1, 0.15) is 28.2 Å². The lowest BCUT2D eigenvalue weighted by Gasteiger charge is -2.16. The van der Waals surface area contributed by atoms with Crippen LogP contribution in [0.5, 0.6) is 5.75 Å². The van der Waals surface area contributed by atoms with Gasteiger partial charge in [0, 0.05) is 47.3 Å². The number of fused-ring (bicyclic) bond motifs is 1. The quantitative estimate of drug-likeness (QED) is 0.318. The first-order valence-electron chi connectivity index (χ1n) is 11.7. The summed E-state index contributed by atoms with van der Waals surface area (Å²) in [4.78, 5) is 25.7. The minimum absolute atomic E-state index is 0.0332. The van der Waals surface area contributed by atoms with Crippen LogP contribution in [0.15, 0.2) is 66.0 Å². The van der Waals surface area contributed by atoms with E-state index < -0.39 is 17.3 Å². The van der Waals surface area contributed by atoms with E-state index in [-0.39, 0.29) is 13.2 Å². The van der Waals surface area contributed by atoms with Gasteiger partial charge in [-0.05, 0) is 44.2 Å². The predicted octanol–water partition coefficient (Wildman–Crippen LogP) is 4.85. The van der Waals surface area contributed by atoms with E-state index >= 15 is 0 Å². The third kappa shape index (κ3) is 4.74. The molecule has 38 heavy (non-hydrogen) atoms. The van der Waals surface area contributed by atoms with Crippen LogP contribution in [0, 0.1) is 13.8 Å². The summed E-state index contributed by atoms with van der Waals surface area (Å²) >= 11 is 0. The molecule has 0 amide bonds. The van der Waals surface area contributed by atoms with Gasteiger partial charge < -0.3 is 9.30 Å². The molecule has 0 aliphatic heterocycles. The molecule has 0 aliphatic rings. The van der Waals surface area contributed by atoms with Crippen molar-refractivity contribution in [3.05, 3.63) is 99.7 Å². The maximum atomic E-state index is 13.2. The Balaban J connectivity index is 1.50. The number of pyridine rings is 2. The maximum Gasteiger partial charge on any atom is 0.421 e. The molecule has 0 fully saturated rings. The number of aromatic nitrogens is 6. The van der Waals surface area contributed by atoms with Crippen molar-refractivity contribution in [1.29, 1.82) is 0 Å². The molecule has 194 valence electrons. The van der Waals surface area contributed by atoms with Gasteiger partial charge in [-0.3, -0.25) is 9.48 Å². The lowest BCUT2D eigenvalue weighted by molar-refractivity contribution is -0.138. The Morgan fingerprint density at radius 2 is 1.87 bits per heavy atom. The lowest BCUT2D eigenvalue weighted by atomic mass is 10.0. The molecular weight excluding hydrogens is 497 g/mol. The second-order valence-electron chi connectivity index (χ2n) is 8.83. The van der Waals surface area contributed by atoms with Gasteiger partial charge in [-0.1, -0.05) is 12.1 Å². The smallest absolute Gasteiger partial charge is 0.421 e. The Morgan fingerprint density at radius 1 is 1.05 bits per heavy atom. The number of aryl methyl sites for hydroxylation is 3. The molecule has 5 aromatic rings. The average Bonchev–Trinajstić information content (AvgIpc) is 3.29. The van der Waals surface area contributed by atoms with Gasteiger partial charge in [-0.25, -0.2) is 15.0 Å². The van der Waals surface area contributed by atoms with Crippen LogP contribution in [0.4, 0.5) is 13.2 Å². The highest BCUT2D eigenvalue weighted by molar-refractivity contribution is 5.96. The molecule has 0 aliphatic carbocycles. The van der Waals surface area contributed by atoms with Crippen LogP contribution >= 0.6 is 0 Å². The van der Waals surface area contributed by atoms with E-state index in [9.17, 15) is 18.0 Å². The zero-order chi connectivity index (χ0) is 27.0. The largest absolute Gasteiger partial charge is 0.486 e. The molecule has 0 unspecified atom stereocenters. The van der Waals surface area contributed by atoms with Crippen molar-refractivity contribution < 1.29 is 17.9 Å². The van der Waals surface area contributed by atoms with Crippen molar-refractivity contribution in [3.63, 3.8) is 0 Å². The first kappa shape index (κ1) is 25.1. The predicted molar refractivity (Wildman–Crippen MR) is 135 cm³/mol. The lowest BCUT2D eigenvalue weighted by Crippen LogP contribution is -2.29. The number of nitrogens with zero attached hydrogens (tertiary/aromatic N) is 6. The maximum absolute atomic E-state index is 13.2. The third-order valence-electron chi connectivity index (χ3n) is 6.30. The normalized spacial score (nSPS) is 11.7. The number of ether oxygens (including phenoxy) is 1. The van der Waals surface area contributed by atoms with Crippen LogP contribution in [-0.2, 0) is 26.4 Å². The summed E-state index contributed by atoms with van der Waals surface area (Å²) in [6.45, 7) is 3.52. The molecule has 1 aromatic carbocycles. The number of hydrogen-bond donors (Lipinski definition) is 0. The van der Waals surface area contributed by atoms with Crippen molar-refractivity contribution in [2.24, 2.45) is 7.05 Å². The molecule has 0 saturated carbocycles. The molecule has 4 aromatic heterocycles. The molecule has 0 bridgehead atoms. The van der Waals surface area contributed by atoms with Gasteiger partial charge >= 0.3 is 6.18 Å². The molecule has 0 saturated heterocycles. The van der Waals surface area contributed by atoms with Crippen molar-refractivity contribution in [2.75, 3.05) is 0 Å². The summed E-state index contributed by atoms with van der Waals surface area (Å²) < 4.78 is 48.7. The second kappa shape index (κ2) is 9.73. The van der Waals surface area contributed by atoms with Crippen LogP contribution in [0.25, 0.3) is 22.2 Å². The van der Waals surface area contributed by atoms with Gasteiger partial charge in [0.05, 0.1) is 17.9 Å². The van der Waals surface area contributed by atoms with Crippen LogP contribution in [0.3, 0.4) is 0 Å². The third-order valence-corrected chi connectivity index (χ3v) is 6.30. The van der Waals surface area contributed by atoms with Crippen molar-refractivity contribution in [2.45, 2.75) is 33.2 Å². The summed E-state index contributed by atoms with van der Waals surface area (Å²) in [6, 6.07) is 11.5. The van der Waals surface area contributed by atoms with Crippen molar-refractivity contribution >= 4 is 10.9 Å². The summed E-state index contributed by atoms with van der Waals surface area (Å²) in [5.74, 6) is 0.528. The summed E-state index contributed by atoms with van der Waals surface area (Å²) in [5.41, 5.74) is 2.54. The molecule has 5 rings (SSSR count). The fraction of sp³-hybridized carbons (Fsp3) is 0.222. The van der Waals surface area contributed by atoms with Crippen LogP contribution in [-0.4, -0.2) is 29.3 Å². The van der Waals surface area contributed by atoms with Crippen LogP contribution in [0.2, 0.25) is 0 Å². The van der Waals surface area contributed by atoms with Gasteiger partial charge in [-0.15, -0.1) is 0 Å². The Kier molecular flexibility index (Phi) is 6.43. The molecule has 0 radical (unpaired) electrons. The zero-order valence-electron chi connectivity index (χ0n) is 20.8. The Morgan fingerprint density at radius 3 is 2.61 bits per heavy atom. The van der Waals surface area contributed by atoms with E-state index in [2.05, 4.69) is 15.1 Å². The summed E-state index contributed by atoms with van der Waals surface area (Å²) in [7, 11) is 1.87. The number of halogens is 3. The molecular formula is C27H23F3N6O2. The number of alkyl halides is 3. The highest BCUT2D eigenvalue weighted by Crippen LogP contribution is 2.33. The highest BCUT2D eigenvalue weighted by atomic mass is 19.4. The van der Waals surface area contributed by atoms with Gasteiger partial charge in [-0.2, -0.15) is 18.3 Å². The number of para-hydroxylation sites is 1. The van der Waals surface area contributed by atoms with E-state index in [1.807, 2.05) is 38.2 Å². The monoisotopic (exact) mass is 520 g/mol. The second-order valence-corrected chi connectivity index (χ2v) is 8.83. The fourth-order valence-electron chi connectivity index (χ4n) is 4.38. The van der Waals surface area contributed by atoms with Crippen molar-refractivity contribution in [1.82, 2.24) is 29.3 Å². The zero-order valence-corrected chi connectivity index (χ0v) is 20.8. The first-order chi connectivity index (χ1) is 18.1. The molecule has 8 nitrogen and oxygen atoms in total. The number of hydrogen-bond acceptors (Lipinski definition) is 6.